The number of likely N-dealkylation sites (tertiary alicyclic amines) is 1. The molecule has 4 rings (SSSR count). The van der Waals surface area contributed by atoms with Gasteiger partial charge in [0, 0.05) is 30.6 Å². The molecule has 0 bridgehead atoms. The Labute approximate surface area is 156 Å². The van der Waals surface area contributed by atoms with Crippen LogP contribution < -0.4 is 5.32 Å². The molecule has 2 aliphatic carbocycles. The summed E-state index contributed by atoms with van der Waals surface area (Å²) in [5.74, 6) is 1.42. The van der Waals surface area contributed by atoms with Crippen LogP contribution in [0.5, 0.6) is 0 Å². The maximum absolute atomic E-state index is 12.5. The fraction of sp³-hybridized carbons (Fsp3) is 0.636. The summed E-state index contributed by atoms with van der Waals surface area (Å²) in [5, 5.41) is 3.03. The van der Waals surface area contributed by atoms with Crippen molar-refractivity contribution in [3.05, 3.63) is 35.4 Å². The number of amides is 2. The third kappa shape index (κ3) is 4.28. The Balaban J connectivity index is 1.24. The summed E-state index contributed by atoms with van der Waals surface area (Å²) in [6.07, 6.45) is 10.1. The number of hydrogen-bond donors (Lipinski definition) is 1. The monoisotopic (exact) mass is 354 g/mol. The van der Waals surface area contributed by atoms with Gasteiger partial charge in [-0.3, -0.25) is 9.59 Å². The lowest BCUT2D eigenvalue weighted by Gasteiger charge is -2.33. The molecule has 1 heterocycles. The van der Waals surface area contributed by atoms with Crippen molar-refractivity contribution < 1.29 is 9.59 Å². The van der Waals surface area contributed by atoms with E-state index in [4.69, 9.17) is 0 Å². The quantitative estimate of drug-likeness (QED) is 0.879. The fourth-order valence-electron chi connectivity index (χ4n) is 4.41. The molecule has 1 saturated heterocycles. The highest BCUT2D eigenvalue weighted by molar-refractivity contribution is 5.94. The molecule has 1 N–H and O–H groups in total. The molecule has 3 fully saturated rings. The van der Waals surface area contributed by atoms with Gasteiger partial charge in [-0.15, -0.1) is 0 Å². The Morgan fingerprint density at radius 3 is 2.19 bits per heavy atom. The van der Waals surface area contributed by atoms with Crippen LogP contribution in [0, 0.1) is 11.8 Å². The van der Waals surface area contributed by atoms with Crippen molar-refractivity contribution in [2.75, 3.05) is 13.1 Å². The molecule has 0 atom stereocenters. The number of rotatable bonds is 5. The van der Waals surface area contributed by atoms with Gasteiger partial charge in [0.1, 0.15) is 0 Å². The number of piperidine rings is 1. The first kappa shape index (κ1) is 17.6. The maximum Gasteiger partial charge on any atom is 0.251 e. The minimum atomic E-state index is 0.0535. The molecule has 26 heavy (non-hydrogen) atoms. The van der Waals surface area contributed by atoms with E-state index in [-0.39, 0.29) is 5.91 Å². The van der Waals surface area contributed by atoms with Crippen molar-refractivity contribution >= 4 is 11.8 Å². The second kappa shape index (κ2) is 7.81. The van der Waals surface area contributed by atoms with Crippen molar-refractivity contribution in [2.45, 2.75) is 63.8 Å². The largest absolute Gasteiger partial charge is 0.349 e. The Morgan fingerprint density at radius 1 is 0.923 bits per heavy atom. The van der Waals surface area contributed by atoms with Gasteiger partial charge in [0.15, 0.2) is 0 Å². The molecular weight excluding hydrogens is 324 g/mol. The second-order valence-electron chi connectivity index (χ2n) is 8.40. The summed E-state index contributed by atoms with van der Waals surface area (Å²) in [5.41, 5.74) is 2.06. The average molecular weight is 354 g/mol. The van der Waals surface area contributed by atoms with Crippen molar-refractivity contribution in [1.29, 1.82) is 0 Å². The van der Waals surface area contributed by atoms with Crippen LogP contribution in [-0.2, 0) is 11.2 Å². The van der Waals surface area contributed by atoms with Crippen LogP contribution in [-0.4, -0.2) is 35.8 Å². The summed E-state index contributed by atoms with van der Waals surface area (Å²) in [7, 11) is 0. The fourth-order valence-corrected chi connectivity index (χ4v) is 4.41. The second-order valence-corrected chi connectivity index (χ2v) is 8.40. The Bertz CT molecular complexity index is 637. The average Bonchev–Trinajstić information content (AvgIpc) is 3.31. The van der Waals surface area contributed by atoms with Gasteiger partial charge < -0.3 is 10.2 Å². The number of nitrogens with one attached hydrogen (secondary N) is 1. The Kier molecular flexibility index (Phi) is 5.28. The number of nitrogens with zero attached hydrogens (tertiary/aromatic N) is 1. The number of hydrogen-bond acceptors (Lipinski definition) is 2. The standard InChI is InChI=1S/C22H30N2O2/c25-21(23-20-9-10-20)18-7-5-16(6-8-18)15-17-11-13-24(14-12-17)22(26)19-3-1-2-4-19/h5-8,17,19-20H,1-4,9-15H2,(H,23,25). The summed E-state index contributed by atoms with van der Waals surface area (Å²) in [6.45, 7) is 1.84. The van der Waals surface area contributed by atoms with E-state index in [2.05, 4.69) is 22.3 Å². The lowest BCUT2D eigenvalue weighted by Crippen LogP contribution is -2.41. The van der Waals surface area contributed by atoms with E-state index in [0.717, 1.165) is 63.6 Å². The summed E-state index contributed by atoms with van der Waals surface area (Å²) < 4.78 is 0. The van der Waals surface area contributed by atoms with Crippen LogP contribution in [0.2, 0.25) is 0 Å². The topological polar surface area (TPSA) is 49.4 Å². The van der Waals surface area contributed by atoms with E-state index < -0.39 is 0 Å². The SMILES string of the molecule is O=C(NC1CC1)c1ccc(CC2CCN(C(=O)C3CCCC3)CC2)cc1. The maximum atomic E-state index is 12.5. The van der Waals surface area contributed by atoms with E-state index in [1.165, 1.54) is 18.4 Å². The van der Waals surface area contributed by atoms with Gasteiger partial charge in [0.05, 0.1) is 0 Å². The number of carbonyl (C=O) groups is 2. The van der Waals surface area contributed by atoms with Gasteiger partial charge in [0.2, 0.25) is 5.91 Å². The van der Waals surface area contributed by atoms with E-state index in [1.54, 1.807) is 0 Å². The molecule has 0 radical (unpaired) electrons. The third-order valence-electron chi connectivity index (χ3n) is 6.28. The number of benzene rings is 1. The zero-order valence-electron chi connectivity index (χ0n) is 15.6. The van der Waals surface area contributed by atoms with Gasteiger partial charge in [0.25, 0.3) is 5.91 Å². The van der Waals surface area contributed by atoms with Crippen LogP contribution in [0.1, 0.15) is 67.3 Å². The van der Waals surface area contributed by atoms with E-state index >= 15 is 0 Å². The molecule has 2 amide bonds. The smallest absolute Gasteiger partial charge is 0.251 e. The van der Waals surface area contributed by atoms with Crippen molar-refractivity contribution in [3.63, 3.8) is 0 Å². The first-order valence-electron chi connectivity index (χ1n) is 10.4. The highest BCUT2D eigenvalue weighted by atomic mass is 16.2. The highest BCUT2D eigenvalue weighted by Gasteiger charge is 2.30. The van der Waals surface area contributed by atoms with Gasteiger partial charge in [-0.1, -0.05) is 25.0 Å². The van der Waals surface area contributed by atoms with Crippen LogP contribution in [0.15, 0.2) is 24.3 Å². The van der Waals surface area contributed by atoms with E-state index in [1.807, 2.05) is 12.1 Å². The molecular formula is C22H30N2O2. The predicted molar refractivity (Wildman–Crippen MR) is 102 cm³/mol. The molecule has 2 saturated carbocycles. The minimum absolute atomic E-state index is 0.0535. The molecule has 1 aromatic rings. The summed E-state index contributed by atoms with van der Waals surface area (Å²) >= 11 is 0. The van der Waals surface area contributed by atoms with Gasteiger partial charge >= 0.3 is 0 Å². The van der Waals surface area contributed by atoms with Crippen LogP contribution in [0.3, 0.4) is 0 Å². The molecule has 140 valence electrons. The van der Waals surface area contributed by atoms with E-state index in [9.17, 15) is 9.59 Å². The molecule has 4 nitrogen and oxygen atoms in total. The predicted octanol–water partition coefficient (Wildman–Crippen LogP) is 3.55. The highest BCUT2D eigenvalue weighted by Crippen LogP contribution is 2.29. The summed E-state index contributed by atoms with van der Waals surface area (Å²) in [6, 6.07) is 8.49. The minimum Gasteiger partial charge on any atom is -0.349 e. The molecule has 4 heteroatoms. The van der Waals surface area contributed by atoms with Gasteiger partial charge in [-0.05, 0) is 68.6 Å². The molecule has 0 unspecified atom stereocenters. The van der Waals surface area contributed by atoms with Crippen molar-refractivity contribution in [2.24, 2.45) is 11.8 Å². The lowest BCUT2D eigenvalue weighted by molar-refractivity contribution is -0.136. The van der Waals surface area contributed by atoms with Crippen molar-refractivity contribution in [3.8, 4) is 0 Å². The molecule has 0 spiro atoms. The zero-order valence-corrected chi connectivity index (χ0v) is 15.6. The molecule has 0 aromatic heterocycles. The van der Waals surface area contributed by atoms with Gasteiger partial charge in [-0.25, -0.2) is 0 Å². The first-order valence-corrected chi connectivity index (χ1v) is 10.4. The van der Waals surface area contributed by atoms with E-state index in [0.29, 0.717) is 23.8 Å². The van der Waals surface area contributed by atoms with Crippen LogP contribution in [0.25, 0.3) is 0 Å². The molecule has 1 aromatic carbocycles. The first-order chi connectivity index (χ1) is 12.7. The molecule has 3 aliphatic rings. The Hall–Kier alpha value is -1.84. The van der Waals surface area contributed by atoms with Gasteiger partial charge in [-0.2, -0.15) is 0 Å². The van der Waals surface area contributed by atoms with Crippen LogP contribution >= 0.6 is 0 Å². The summed E-state index contributed by atoms with van der Waals surface area (Å²) in [4.78, 5) is 26.7. The normalized spacial score (nSPS) is 21.8. The molecule has 1 aliphatic heterocycles. The lowest BCUT2D eigenvalue weighted by atomic mass is 9.89. The zero-order chi connectivity index (χ0) is 17.9. The number of carbonyl (C=O) groups excluding carboxylic acids is 2. The van der Waals surface area contributed by atoms with Crippen molar-refractivity contribution in [1.82, 2.24) is 10.2 Å². The third-order valence-corrected chi connectivity index (χ3v) is 6.28. The van der Waals surface area contributed by atoms with Crippen LogP contribution in [0.4, 0.5) is 0 Å². The Morgan fingerprint density at radius 2 is 1.58 bits per heavy atom.